The van der Waals surface area contributed by atoms with Crippen molar-refractivity contribution in [3.8, 4) is 0 Å². The molecule has 15 heavy (non-hydrogen) atoms. The van der Waals surface area contributed by atoms with Crippen LogP contribution in [0.3, 0.4) is 0 Å². The summed E-state index contributed by atoms with van der Waals surface area (Å²) in [4.78, 5) is 11.4. The number of rotatable bonds is 5. The summed E-state index contributed by atoms with van der Waals surface area (Å²) < 4.78 is 5.20. The molecule has 2 atom stereocenters. The molecule has 88 valence electrons. The molecule has 0 heterocycles. The van der Waals surface area contributed by atoms with Gasteiger partial charge in [0.25, 0.3) is 0 Å². The minimum absolute atomic E-state index is 0.176. The minimum atomic E-state index is -0.416. The molecule has 0 aliphatic carbocycles. The fourth-order valence-electron chi connectivity index (χ4n) is 1.38. The first kappa shape index (κ1) is 14.5. The largest absolute Gasteiger partial charge is 0.460 e. The molecule has 0 fully saturated rings. The van der Waals surface area contributed by atoms with Crippen LogP contribution in [0.1, 0.15) is 47.0 Å². The Labute approximate surface area is 93.6 Å². The Bertz CT molecular complexity index is 198. The molecule has 0 spiro atoms. The maximum atomic E-state index is 11.4. The lowest BCUT2D eigenvalue weighted by atomic mass is 9.80. The molecule has 0 aliphatic heterocycles. The molecule has 3 nitrogen and oxygen atoms in total. The van der Waals surface area contributed by atoms with E-state index in [1.165, 1.54) is 0 Å². The Morgan fingerprint density at radius 1 is 1.47 bits per heavy atom. The van der Waals surface area contributed by atoms with E-state index in [1.807, 2.05) is 35.5 Å². The quantitative estimate of drug-likeness (QED) is 0.554. The number of carbonyl (C=O) groups excluding carboxylic acids is 1. The maximum Gasteiger partial charge on any atom is 0.305 e. The van der Waals surface area contributed by atoms with Crippen molar-refractivity contribution in [3.63, 3.8) is 0 Å². The van der Waals surface area contributed by atoms with Crippen LogP contribution in [0.2, 0.25) is 5.82 Å². The van der Waals surface area contributed by atoms with Crippen LogP contribution >= 0.6 is 0 Å². The van der Waals surface area contributed by atoms with Crippen LogP contribution in [-0.2, 0) is 9.53 Å². The van der Waals surface area contributed by atoms with Crippen LogP contribution in [0.25, 0.3) is 0 Å². The third kappa shape index (κ3) is 8.49. The molecule has 0 amide bonds. The highest BCUT2D eigenvalue weighted by Gasteiger charge is 2.19. The van der Waals surface area contributed by atoms with Gasteiger partial charge in [0.1, 0.15) is 13.4 Å². The van der Waals surface area contributed by atoms with Crippen molar-refractivity contribution in [3.05, 3.63) is 0 Å². The predicted octanol–water partition coefficient (Wildman–Crippen LogP) is 1.30. The fourth-order valence-corrected chi connectivity index (χ4v) is 1.38. The lowest BCUT2D eigenvalue weighted by Gasteiger charge is -2.21. The Hall–Kier alpha value is -0.505. The average molecular weight is 214 g/mol. The van der Waals surface area contributed by atoms with Crippen LogP contribution in [0.5, 0.6) is 0 Å². The number of carbonyl (C=O) groups is 1. The molecule has 0 aromatic rings. The monoisotopic (exact) mass is 214 g/mol. The van der Waals surface area contributed by atoms with Gasteiger partial charge in [-0.25, -0.2) is 0 Å². The van der Waals surface area contributed by atoms with Crippen molar-refractivity contribution in [2.45, 2.75) is 64.5 Å². The Morgan fingerprint density at radius 3 is 2.40 bits per heavy atom. The fraction of sp³-hybridized carbons (Fsp3) is 0.909. The average Bonchev–Trinajstić information content (AvgIpc) is 1.99. The normalized spacial score (nSPS) is 15.8. The number of aliphatic hydroxyl groups is 1. The minimum Gasteiger partial charge on any atom is -0.460 e. The Kier molecular flexibility index (Phi) is 5.95. The molecule has 0 bridgehead atoms. The number of esters is 1. The van der Waals surface area contributed by atoms with Gasteiger partial charge in [0.2, 0.25) is 0 Å². The van der Waals surface area contributed by atoms with Gasteiger partial charge in [-0.05, 0) is 33.6 Å². The van der Waals surface area contributed by atoms with Crippen molar-refractivity contribution in [2.24, 2.45) is 0 Å². The van der Waals surface area contributed by atoms with Gasteiger partial charge in [0.15, 0.2) is 0 Å². The van der Waals surface area contributed by atoms with Gasteiger partial charge in [-0.15, -0.1) is 0 Å². The highest BCUT2D eigenvalue weighted by molar-refractivity contribution is 6.12. The van der Waals surface area contributed by atoms with E-state index in [-0.39, 0.29) is 17.9 Å². The van der Waals surface area contributed by atoms with Crippen molar-refractivity contribution < 1.29 is 14.6 Å². The van der Waals surface area contributed by atoms with E-state index in [0.29, 0.717) is 12.8 Å². The Morgan fingerprint density at radius 2 is 2.00 bits per heavy atom. The van der Waals surface area contributed by atoms with E-state index in [0.717, 1.165) is 6.42 Å². The van der Waals surface area contributed by atoms with Crippen LogP contribution < -0.4 is 0 Å². The van der Waals surface area contributed by atoms with E-state index in [2.05, 4.69) is 0 Å². The van der Waals surface area contributed by atoms with Gasteiger partial charge < -0.3 is 9.84 Å². The molecule has 0 radical (unpaired) electrons. The zero-order chi connectivity index (χ0) is 12.1. The molecule has 0 aromatic heterocycles. The van der Waals surface area contributed by atoms with Gasteiger partial charge in [-0.1, -0.05) is 12.7 Å². The van der Waals surface area contributed by atoms with Gasteiger partial charge >= 0.3 is 5.97 Å². The Balaban J connectivity index is 3.87. The molecule has 0 saturated heterocycles. The van der Waals surface area contributed by atoms with E-state index in [9.17, 15) is 9.90 Å². The molecule has 0 aliphatic rings. The molecule has 1 N–H and O–H groups in total. The number of ether oxygens (including phenoxy) is 1. The van der Waals surface area contributed by atoms with Crippen LogP contribution in [0.4, 0.5) is 0 Å². The van der Waals surface area contributed by atoms with Crippen molar-refractivity contribution in [1.29, 1.82) is 0 Å². The van der Waals surface area contributed by atoms with Crippen molar-refractivity contribution >= 4 is 13.8 Å². The second-order valence-corrected chi connectivity index (χ2v) is 5.19. The second kappa shape index (κ2) is 6.16. The first-order valence-electron chi connectivity index (χ1n) is 5.64. The molecule has 2 unspecified atom stereocenters. The first-order valence-corrected chi connectivity index (χ1v) is 5.64. The third-order valence-corrected chi connectivity index (χ3v) is 2.08. The zero-order valence-corrected chi connectivity index (χ0v) is 10.5. The summed E-state index contributed by atoms with van der Waals surface area (Å²) in [5, 5.41) is 9.42. The zero-order valence-electron chi connectivity index (χ0n) is 10.5. The highest BCUT2D eigenvalue weighted by atomic mass is 16.6. The standard InChI is InChI=1S/C11H23BO3/c1-5-9(13)6-8(12)7-10(14)15-11(2,3)4/h8-9,13H,5-7,12H2,1-4H3. The summed E-state index contributed by atoms with van der Waals surface area (Å²) in [7, 11) is 1.96. The summed E-state index contributed by atoms with van der Waals surface area (Å²) in [6.07, 6.45) is 1.48. The lowest BCUT2D eigenvalue weighted by molar-refractivity contribution is -0.154. The summed E-state index contributed by atoms with van der Waals surface area (Å²) in [6.45, 7) is 7.51. The van der Waals surface area contributed by atoms with E-state index in [4.69, 9.17) is 4.74 Å². The molecule has 4 heteroatoms. The molecule has 0 aromatic carbocycles. The van der Waals surface area contributed by atoms with E-state index >= 15 is 0 Å². The van der Waals surface area contributed by atoms with Gasteiger partial charge in [-0.2, -0.15) is 0 Å². The molecule has 0 saturated carbocycles. The topological polar surface area (TPSA) is 46.5 Å². The number of hydrogen-bond acceptors (Lipinski definition) is 3. The van der Waals surface area contributed by atoms with E-state index in [1.54, 1.807) is 0 Å². The number of aliphatic hydroxyl groups excluding tert-OH is 1. The molecular formula is C11H23BO3. The maximum absolute atomic E-state index is 11.4. The first-order chi connectivity index (χ1) is 6.74. The second-order valence-electron chi connectivity index (χ2n) is 5.19. The van der Waals surface area contributed by atoms with Crippen LogP contribution in [0, 0.1) is 0 Å². The van der Waals surface area contributed by atoms with Crippen LogP contribution in [-0.4, -0.2) is 30.6 Å². The molecule has 0 rings (SSSR count). The third-order valence-electron chi connectivity index (χ3n) is 2.08. The van der Waals surface area contributed by atoms with Gasteiger partial charge in [-0.3, -0.25) is 4.79 Å². The predicted molar refractivity (Wildman–Crippen MR) is 63.7 cm³/mol. The summed E-state index contributed by atoms with van der Waals surface area (Å²) >= 11 is 0. The van der Waals surface area contributed by atoms with Crippen molar-refractivity contribution in [2.75, 3.05) is 0 Å². The summed E-state index contributed by atoms with van der Waals surface area (Å²) in [6, 6.07) is 0. The lowest BCUT2D eigenvalue weighted by Crippen LogP contribution is -2.25. The molecular weight excluding hydrogens is 191 g/mol. The SMILES string of the molecule is BC(CC(=O)OC(C)(C)C)CC(O)CC. The summed E-state index contributed by atoms with van der Waals surface area (Å²) in [5.41, 5.74) is -0.416. The van der Waals surface area contributed by atoms with Crippen LogP contribution in [0.15, 0.2) is 0 Å². The smallest absolute Gasteiger partial charge is 0.305 e. The highest BCUT2D eigenvalue weighted by Crippen LogP contribution is 2.18. The van der Waals surface area contributed by atoms with E-state index < -0.39 is 5.60 Å². The van der Waals surface area contributed by atoms with Gasteiger partial charge in [0, 0.05) is 6.42 Å². The van der Waals surface area contributed by atoms with Gasteiger partial charge in [0.05, 0.1) is 6.10 Å². The summed E-state index contributed by atoms with van der Waals surface area (Å²) in [5.74, 6) is -0.00639. The van der Waals surface area contributed by atoms with Crippen molar-refractivity contribution in [1.82, 2.24) is 0 Å². The number of hydrogen-bond donors (Lipinski definition) is 1.